The number of hydrogen-bond acceptors (Lipinski definition) is 1. The minimum atomic E-state index is 0.506. The van der Waals surface area contributed by atoms with Crippen molar-refractivity contribution in [2.45, 2.75) is 45.7 Å². The summed E-state index contributed by atoms with van der Waals surface area (Å²) in [5.41, 5.74) is 1.40. The van der Waals surface area contributed by atoms with Gasteiger partial charge in [0.15, 0.2) is 0 Å². The van der Waals surface area contributed by atoms with Crippen molar-refractivity contribution in [2.24, 2.45) is 0 Å². The summed E-state index contributed by atoms with van der Waals surface area (Å²) in [5, 5.41) is 3.63. The van der Waals surface area contributed by atoms with E-state index in [1.165, 1.54) is 12.0 Å². The van der Waals surface area contributed by atoms with Crippen LogP contribution in [0.25, 0.3) is 0 Å². The van der Waals surface area contributed by atoms with Crippen LogP contribution in [0.2, 0.25) is 0 Å². The smallest absolute Gasteiger partial charge is 0.0319 e. The summed E-state index contributed by atoms with van der Waals surface area (Å²) in [6, 6.07) is 11.8. The minimum absolute atomic E-state index is 0.506. The van der Waals surface area contributed by atoms with Gasteiger partial charge >= 0.3 is 0 Å². The molecule has 0 unspecified atom stereocenters. The molecule has 1 aromatic carbocycles. The highest BCUT2D eigenvalue weighted by Gasteiger charge is 2.10. The summed E-state index contributed by atoms with van der Waals surface area (Å²) < 4.78 is 0. The standard InChI is InChI=1S/C13H21N/c1-4-11(3)14-13(5-2)12-9-7-6-8-10-12/h6-11,13-14H,4-5H2,1-3H3/t11-,13+/m1/s1. The van der Waals surface area contributed by atoms with Crippen molar-refractivity contribution in [1.82, 2.24) is 5.32 Å². The molecule has 2 atom stereocenters. The van der Waals surface area contributed by atoms with E-state index < -0.39 is 0 Å². The van der Waals surface area contributed by atoms with E-state index in [1.54, 1.807) is 0 Å². The molecule has 0 aliphatic rings. The van der Waals surface area contributed by atoms with E-state index in [0.29, 0.717) is 12.1 Å². The first-order valence-corrected chi connectivity index (χ1v) is 5.58. The molecule has 0 radical (unpaired) electrons. The van der Waals surface area contributed by atoms with Gasteiger partial charge in [0.1, 0.15) is 0 Å². The van der Waals surface area contributed by atoms with Gasteiger partial charge in [-0.2, -0.15) is 0 Å². The van der Waals surface area contributed by atoms with Gasteiger partial charge in [-0.25, -0.2) is 0 Å². The van der Waals surface area contributed by atoms with Crippen LogP contribution in [-0.4, -0.2) is 6.04 Å². The van der Waals surface area contributed by atoms with E-state index in [2.05, 4.69) is 56.4 Å². The Morgan fingerprint density at radius 1 is 1.07 bits per heavy atom. The highest BCUT2D eigenvalue weighted by atomic mass is 14.9. The normalized spacial score (nSPS) is 15.1. The Hall–Kier alpha value is -0.820. The molecule has 0 aliphatic carbocycles. The van der Waals surface area contributed by atoms with Gasteiger partial charge in [0.05, 0.1) is 0 Å². The lowest BCUT2D eigenvalue weighted by Gasteiger charge is -2.21. The zero-order valence-electron chi connectivity index (χ0n) is 9.46. The maximum Gasteiger partial charge on any atom is 0.0319 e. The molecule has 0 bridgehead atoms. The summed E-state index contributed by atoms with van der Waals surface area (Å²) in [6.07, 6.45) is 2.33. The number of hydrogen-bond donors (Lipinski definition) is 1. The number of rotatable bonds is 5. The Bertz CT molecular complexity index is 243. The molecule has 14 heavy (non-hydrogen) atoms. The maximum atomic E-state index is 3.63. The molecule has 0 spiro atoms. The van der Waals surface area contributed by atoms with E-state index in [-0.39, 0.29) is 0 Å². The first kappa shape index (κ1) is 11.3. The van der Waals surface area contributed by atoms with Gasteiger partial charge in [-0.05, 0) is 25.3 Å². The third kappa shape index (κ3) is 3.15. The predicted molar refractivity (Wildman–Crippen MR) is 62.4 cm³/mol. The van der Waals surface area contributed by atoms with Crippen LogP contribution in [0.4, 0.5) is 0 Å². The van der Waals surface area contributed by atoms with Gasteiger partial charge in [-0.1, -0.05) is 44.2 Å². The van der Waals surface area contributed by atoms with E-state index >= 15 is 0 Å². The van der Waals surface area contributed by atoms with Crippen molar-refractivity contribution in [2.75, 3.05) is 0 Å². The van der Waals surface area contributed by atoms with Gasteiger partial charge in [-0.15, -0.1) is 0 Å². The summed E-state index contributed by atoms with van der Waals surface area (Å²) in [4.78, 5) is 0. The van der Waals surface area contributed by atoms with Gasteiger partial charge in [0, 0.05) is 12.1 Å². The molecule has 0 saturated heterocycles. The van der Waals surface area contributed by atoms with Crippen molar-refractivity contribution < 1.29 is 0 Å². The fourth-order valence-corrected chi connectivity index (χ4v) is 1.60. The molecule has 0 fully saturated rings. The summed E-state index contributed by atoms with van der Waals surface area (Å²) >= 11 is 0. The van der Waals surface area contributed by atoms with Crippen molar-refractivity contribution in [3.8, 4) is 0 Å². The first-order chi connectivity index (χ1) is 6.77. The van der Waals surface area contributed by atoms with Crippen LogP contribution in [0.1, 0.15) is 45.2 Å². The van der Waals surface area contributed by atoms with Gasteiger partial charge < -0.3 is 5.32 Å². The first-order valence-electron chi connectivity index (χ1n) is 5.58. The predicted octanol–water partition coefficient (Wildman–Crippen LogP) is 3.53. The highest BCUT2D eigenvalue weighted by Crippen LogP contribution is 2.16. The van der Waals surface area contributed by atoms with Crippen molar-refractivity contribution in [1.29, 1.82) is 0 Å². The molecule has 0 amide bonds. The largest absolute Gasteiger partial charge is 0.307 e. The fraction of sp³-hybridized carbons (Fsp3) is 0.538. The lowest BCUT2D eigenvalue weighted by Crippen LogP contribution is -2.29. The lowest BCUT2D eigenvalue weighted by molar-refractivity contribution is 0.437. The molecule has 78 valence electrons. The monoisotopic (exact) mass is 191 g/mol. The van der Waals surface area contributed by atoms with Crippen LogP contribution in [-0.2, 0) is 0 Å². The van der Waals surface area contributed by atoms with Crippen molar-refractivity contribution >= 4 is 0 Å². The molecule has 1 N–H and O–H groups in total. The summed E-state index contributed by atoms with van der Waals surface area (Å²) in [5.74, 6) is 0. The van der Waals surface area contributed by atoms with Crippen molar-refractivity contribution in [3.63, 3.8) is 0 Å². The van der Waals surface area contributed by atoms with Crippen LogP contribution < -0.4 is 5.32 Å². The van der Waals surface area contributed by atoms with E-state index in [0.717, 1.165) is 6.42 Å². The SMILES string of the molecule is CC[C@@H](C)N[C@@H](CC)c1ccccc1. The Morgan fingerprint density at radius 2 is 1.71 bits per heavy atom. The number of nitrogens with one attached hydrogen (secondary N) is 1. The molecule has 1 nitrogen and oxygen atoms in total. The van der Waals surface area contributed by atoms with Crippen LogP contribution in [0.3, 0.4) is 0 Å². The van der Waals surface area contributed by atoms with Crippen LogP contribution in [0.15, 0.2) is 30.3 Å². The molecule has 0 saturated carbocycles. The third-order valence-corrected chi connectivity index (χ3v) is 2.71. The molecular formula is C13H21N. The molecule has 1 heteroatoms. The topological polar surface area (TPSA) is 12.0 Å². The Labute approximate surface area is 87.5 Å². The quantitative estimate of drug-likeness (QED) is 0.750. The lowest BCUT2D eigenvalue weighted by atomic mass is 10.0. The second-order valence-electron chi connectivity index (χ2n) is 3.85. The zero-order valence-corrected chi connectivity index (χ0v) is 9.46. The summed E-state index contributed by atoms with van der Waals surface area (Å²) in [6.45, 7) is 6.69. The average Bonchev–Trinajstić information content (AvgIpc) is 2.26. The maximum absolute atomic E-state index is 3.63. The molecule has 1 aromatic rings. The summed E-state index contributed by atoms with van der Waals surface area (Å²) in [7, 11) is 0. The molecule has 1 rings (SSSR count). The highest BCUT2D eigenvalue weighted by molar-refractivity contribution is 5.18. The fourth-order valence-electron chi connectivity index (χ4n) is 1.60. The van der Waals surface area contributed by atoms with Crippen LogP contribution in [0, 0.1) is 0 Å². The minimum Gasteiger partial charge on any atom is -0.307 e. The van der Waals surface area contributed by atoms with Gasteiger partial charge in [-0.3, -0.25) is 0 Å². The van der Waals surface area contributed by atoms with E-state index in [4.69, 9.17) is 0 Å². The second kappa shape index (κ2) is 5.82. The van der Waals surface area contributed by atoms with E-state index in [1.807, 2.05) is 0 Å². The molecule has 0 aliphatic heterocycles. The Kier molecular flexibility index (Phi) is 4.68. The Morgan fingerprint density at radius 3 is 2.21 bits per heavy atom. The molecule has 0 aromatic heterocycles. The zero-order chi connectivity index (χ0) is 10.4. The average molecular weight is 191 g/mol. The van der Waals surface area contributed by atoms with Crippen molar-refractivity contribution in [3.05, 3.63) is 35.9 Å². The van der Waals surface area contributed by atoms with Gasteiger partial charge in [0.25, 0.3) is 0 Å². The van der Waals surface area contributed by atoms with Gasteiger partial charge in [0.2, 0.25) is 0 Å². The third-order valence-electron chi connectivity index (χ3n) is 2.71. The van der Waals surface area contributed by atoms with E-state index in [9.17, 15) is 0 Å². The molecule has 0 heterocycles. The molecular weight excluding hydrogens is 170 g/mol. The Balaban J connectivity index is 2.63. The second-order valence-corrected chi connectivity index (χ2v) is 3.85. The number of benzene rings is 1. The van der Waals surface area contributed by atoms with Crippen LogP contribution in [0.5, 0.6) is 0 Å². The van der Waals surface area contributed by atoms with Crippen LogP contribution >= 0.6 is 0 Å².